The van der Waals surface area contributed by atoms with Gasteiger partial charge in [-0.3, -0.25) is 0 Å². The molecule has 0 bridgehead atoms. The van der Waals surface area contributed by atoms with Gasteiger partial charge in [0.15, 0.2) is 0 Å². The second-order valence-electron chi connectivity index (χ2n) is 4.63. The lowest BCUT2D eigenvalue weighted by molar-refractivity contribution is 0.408. The maximum absolute atomic E-state index is 11.7. The highest BCUT2D eigenvalue weighted by Crippen LogP contribution is 2.08. The Bertz CT molecular complexity index is 284. The molecule has 6 heteroatoms. The minimum Gasteiger partial charge on any atom is -0.313 e. The van der Waals surface area contributed by atoms with Crippen molar-refractivity contribution < 1.29 is 8.42 Å². The number of hydrogen-bond acceptors (Lipinski definition) is 4. The third-order valence-electron chi connectivity index (χ3n) is 2.71. The topological polar surface area (TPSA) is 61.4 Å². The fourth-order valence-electron chi connectivity index (χ4n) is 1.81. The van der Waals surface area contributed by atoms with Crippen molar-refractivity contribution in [2.24, 2.45) is 0 Å². The Labute approximate surface area is 98.6 Å². The molecule has 1 heterocycles. The predicted octanol–water partition coefficient (Wildman–Crippen LogP) is -0.390. The average Bonchev–Trinajstić information content (AvgIpc) is 2.17. The molecule has 0 saturated carbocycles. The van der Waals surface area contributed by atoms with Crippen LogP contribution in [0.2, 0.25) is 0 Å². The number of hydrogen-bond donors (Lipinski definition) is 2. The first-order chi connectivity index (χ1) is 7.49. The first-order valence-electron chi connectivity index (χ1n) is 5.85. The molecule has 0 radical (unpaired) electrons. The molecule has 1 atom stereocenters. The molecular formula is C10H23N3O2S. The van der Waals surface area contributed by atoms with Crippen LogP contribution in [0.25, 0.3) is 0 Å². The average molecular weight is 249 g/mol. The smallest absolute Gasteiger partial charge is 0.213 e. The van der Waals surface area contributed by atoms with E-state index < -0.39 is 10.0 Å². The fourth-order valence-corrected chi connectivity index (χ4v) is 3.15. The van der Waals surface area contributed by atoms with Crippen LogP contribution in [0.15, 0.2) is 0 Å². The van der Waals surface area contributed by atoms with Crippen LogP contribution in [0, 0.1) is 0 Å². The minimum atomic E-state index is -3.12. The molecule has 1 fully saturated rings. The van der Waals surface area contributed by atoms with Crippen molar-refractivity contribution in [1.82, 2.24) is 14.9 Å². The monoisotopic (exact) mass is 249 g/mol. The standard InChI is InChI=1S/C10H23N3O2S/c1-13(2)8-7-12-16(14,15)9-10-5-3-4-6-11-10/h10-12H,3-9H2,1-2H3. The van der Waals surface area contributed by atoms with Gasteiger partial charge in [0, 0.05) is 19.1 Å². The van der Waals surface area contributed by atoms with E-state index in [1.807, 2.05) is 19.0 Å². The number of sulfonamides is 1. The van der Waals surface area contributed by atoms with Gasteiger partial charge in [-0.25, -0.2) is 13.1 Å². The van der Waals surface area contributed by atoms with Crippen molar-refractivity contribution in [3.05, 3.63) is 0 Å². The SMILES string of the molecule is CN(C)CCNS(=O)(=O)CC1CCCCN1. The summed E-state index contributed by atoms with van der Waals surface area (Å²) in [6.07, 6.45) is 3.25. The Balaban J connectivity index is 2.27. The number of likely N-dealkylation sites (N-methyl/N-ethyl adjacent to an activating group) is 1. The Morgan fingerprint density at radius 3 is 2.69 bits per heavy atom. The molecule has 1 aliphatic heterocycles. The number of piperidine rings is 1. The van der Waals surface area contributed by atoms with Gasteiger partial charge in [-0.15, -0.1) is 0 Å². The van der Waals surface area contributed by atoms with Crippen molar-refractivity contribution in [3.63, 3.8) is 0 Å². The molecule has 1 unspecified atom stereocenters. The normalized spacial score (nSPS) is 22.6. The number of nitrogens with zero attached hydrogens (tertiary/aromatic N) is 1. The summed E-state index contributed by atoms with van der Waals surface area (Å²) in [6.45, 7) is 2.16. The Morgan fingerprint density at radius 2 is 2.12 bits per heavy atom. The molecule has 0 aliphatic carbocycles. The third kappa shape index (κ3) is 5.79. The van der Waals surface area contributed by atoms with E-state index in [-0.39, 0.29) is 11.8 Å². The van der Waals surface area contributed by atoms with Crippen LogP contribution in [-0.2, 0) is 10.0 Å². The Morgan fingerprint density at radius 1 is 1.38 bits per heavy atom. The Hall–Kier alpha value is -0.170. The number of rotatable bonds is 6. The van der Waals surface area contributed by atoms with Crippen molar-refractivity contribution in [2.45, 2.75) is 25.3 Å². The largest absolute Gasteiger partial charge is 0.313 e. The van der Waals surface area contributed by atoms with Gasteiger partial charge < -0.3 is 10.2 Å². The van der Waals surface area contributed by atoms with Gasteiger partial charge in [-0.05, 0) is 33.5 Å². The van der Waals surface area contributed by atoms with Crippen LogP contribution < -0.4 is 10.0 Å². The van der Waals surface area contributed by atoms with Gasteiger partial charge in [0.1, 0.15) is 0 Å². The maximum atomic E-state index is 11.7. The summed E-state index contributed by atoms with van der Waals surface area (Å²) >= 11 is 0. The summed E-state index contributed by atoms with van der Waals surface area (Å²) in [4.78, 5) is 1.96. The quantitative estimate of drug-likeness (QED) is 0.673. The van der Waals surface area contributed by atoms with Gasteiger partial charge in [-0.1, -0.05) is 6.42 Å². The molecule has 1 rings (SSSR count). The molecule has 16 heavy (non-hydrogen) atoms. The zero-order valence-corrected chi connectivity index (χ0v) is 11.0. The van der Waals surface area contributed by atoms with Gasteiger partial charge in [0.2, 0.25) is 10.0 Å². The van der Waals surface area contributed by atoms with Gasteiger partial charge in [-0.2, -0.15) is 0 Å². The molecule has 0 aromatic rings. The third-order valence-corrected chi connectivity index (χ3v) is 4.20. The van der Waals surface area contributed by atoms with E-state index in [4.69, 9.17) is 0 Å². The second kappa shape index (κ2) is 6.54. The lowest BCUT2D eigenvalue weighted by Gasteiger charge is -2.23. The minimum absolute atomic E-state index is 0.130. The summed E-state index contributed by atoms with van der Waals surface area (Å²) in [7, 11) is 0.739. The summed E-state index contributed by atoms with van der Waals surface area (Å²) in [5.74, 6) is 0.209. The molecular weight excluding hydrogens is 226 g/mol. The highest BCUT2D eigenvalue weighted by atomic mass is 32.2. The molecule has 0 aromatic carbocycles. The maximum Gasteiger partial charge on any atom is 0.213 e. The summed E-state index contributed by atoms with van der Waals surface area (Å²) < 4.78 is 26.0. The molecule has 1 aliphatic rings. The predicted molar refractivity (Wildman–Crippen MR) is 66.0 cm³/mol. The summed E-state index contributed by atoms with van der Waals surface area (Å²) in [6, 6.07) is 0.130. The van der Waals surface area contributed by atoms with Gasteiger partial charge >= 0.3 is 0 Å². The first kappa shape index (κ1) is 13.9. The van der Waals surface area contributed by atoms with E-state index in [0.29, 0.717) is 6.54 Å². The van der Waals surface area contributed by atoms with E-state index in [9.17, 15) is 8.42 Å². The zero-order valence-electron chi connectivity index (χ0n) is 10.2. The highest BCUT2D eigenvalue weighted by Gasteiger charge is 2.20. The van der Waals surface area contributed by atoms with Crippen LogP contribution >= 0.6 is 0 Å². The van der Waals surface area contributed by atoms with Crippen LogP contribution in [0.3, 0.4) is 0 Å². The van der Waals surface area contributed by atoms with Crippen molar-refractivity contribution in [3.8, 4) is 0 Å². The summed E-state index contributed by atoms with van der Waals surface area (Å²) in [5, 5.41) is 3.24. The molecule has 0 amide bonds. The second-order valence-corrected chi connectivity index (χ2v) is 6.48. The van der Waals surface area contributed by atoms with Crippen LogP contribution in [0.4, 0.5) is 0 Å². The van der Waals surface area contributed by atoms with Crippen molar-refractivity contribution in [1.29, 1.82) is 0 Å². The lowest BCUT2D eigenvalue weighted by Crippen LogP contribution is -2.43. The lowest BCUT2D eigenvalue weighted by atomic mass is 10.1. The summed E-state index contributed by atoms with van der Waals surface area (Å²) in [5.41, 5.74) is 0. The van der Waals surface area contributed by atoms with E-state index in [0.717, 1.165) is 32.4 Å². The van der Waals surface area contributed by atoms with Crippen molar-refractivity contribution >= 4 is 10.0 Å². The van der Waals surface area contributed by atoms with Crippen LogP contribution in [0.5, 0.6) is 0 Å². The van der Waals surface area contributed by atoms with Crippen LogP contribution in [-0.4, -0.2) is 58.8 Å². The molecule has 96 valence electrons. The van der Waals surface area contributed by atoms with E-state index >= 15 is 0 Å². The highest BCUT2D eigenvalue weighted by molar-refractivity contribution is 7.89. The molecule has 0 aromatic heterocycles. The molecule has 0 spiro atoms. The zero-order chi connectivity index (χ0) is 12.0. The van der Waals surface area contributed by atoms with Crippen LogP contribution in [0.1, 0.15) is 19.3 Å². The number of nitrogens with one attached hydrogen (secondary N) is 2. The van der Waals surface area contributed by atoms with E-state index in [1.54, 1.807) is 0 Å². The fraction of sp³-hybridized carbons (Fsp3) is 1.00. The van der Waals surface area contributed by atoms with Crippen molar-refractivity contribution in [2.75, 3.05) is 39.5 Å². The molecule has 2 N–H and O–H groups in total. The first-order valence-corrected chi connectivity index (χ1v) is 7.50. The Kier molecular flexibility index (Phi) is 5.68. The van der Waals surface area contributed by atoms with Gasteiger partial charge in [0.25, 0.3) is 0 Å². The molecule has 5 nitrogen and oxygen atoms in total. The molecule has 1 saturated heterocycles. The van der Waals surface area contributed by atoms with E-state index in [1.165, 1.54) is 0 Å². The van der Waals surface area contributed by atoms with Gasteiger partial charge in [0.05, 0.1) is 5.75 Å². The van der Waals surface area contributed by atoms with E-state index in [2.05, 4.69) is 10.0 Å².